The van der Waals surface area contributed by atoms with E-state index in [9.17, 15) is 5.11 Å². The zero-order valence-electron chi connectivity index (χ0n) is 14.5. The topological polar surface area (TPSA) is 32.7 Å². The van der Waals surface area contributed by atoms with Crippen LogP contribution in [0.1, 0.15) is 36.9 Å². The summed E-state index contributed by atoms with van der Waals surface area (Å²) < 4.78 is 5.39. The first-order valence-corrected chi connectivity index (χ1v) is 8.82. The summed E-state index contributed by atoms with van der Waals surface area (Å²) in [4.78, 5) is 2.45. The van der Waals surface area contributed by atoms with Crippen molar-refractivity contribution in [1.29, 1.82) is 0 Å². The molecule has 3 rings (SSSR count). The summed E-state index contributed by atoms with van der Waals surface area (Å²) in [6, 6.07) is 21.5. The molecule has 0 saturated carbocycles. The summed E-state index contributed by atoms with van der Waals surface area (Å²) in [5.41, 5.74) is 2.52. The Labute approximate surface area is 144 Å². The third kappa shape index (κ3) is 3.25. The standard InChI is InChI=1S/C21H27NO2/c1-3-10-18-21(23)19(15-24-2)22(18)20(16-11-6-4-7-12-16)17-13-8-5-9-14-17/h4-9,11-14,18-21,23H,3,10,15H2,1-2H3/t18-,19+,21-/m0/s1. The predicted molar refractivity (Wildman–Crippen MR) is 96.9 cm³/mol. The van der Waals surface area contributed by atoms with E-state index in [0.29, 0.717) is 6.61 Å². The normalized spacial score (nSPS) is 24.1. The van der Waals surface area contributed by atoms with Crippen LogP contribution in [0, 0.1) is 0 Å². The highest BCUT2D eigenvalue weighted by molar-refractivity contribution is 5.33. The molecule has 2 aromatic rings. The molecular weight excluding hydrogens is 298 g/mol. The van der Waals surface area contributed by atoms with Gasteiger partial charge in [0, 0.05) is 13.2 Å². The van der Waals surface area contributed by atoms with Crippen LogP contribution in [0.2, 0.25) is 0 Å². The fourth-order valence-corrected chi connectivity index (χ4v) is 3.91. The Kier molecular flexibility index (Phi) is 5.67. The van der Waals surface area contributed by atoms with Crippen LogP contribution >= 0.6 is 0 Å². The summed E-state index contributed by atoms with van der Waals surface area (Å²) in [6.07, 6.45) is 1.74. The molecular formula is C21H27NO2. The van der Waals surface area contributed by atoms with Crippen LogP contribution < -0.4 is 0 Å². The summed E-state index contributed by atoms with van der Waals surface area (Å²) in [7, 11) is 1.71. The van der Waals surface area contributed by atoms with Crippen molar-refractivity contribution < 1.29 is 9.84 Å². The molecule has 128 valence electrons. The van der Waals surface area contributed by atoms with E-state index in [2.05, 4.69) is 60.4 Å². The number of aliphatic hydroxyl groups excluding tert-OH is 1. The molecule has 1 aliphatic heterocycles. The molecule has 0 amide bonds. The zero-order chi connectivity index (χ0) is 16.9. The van der Waals surface area contributed by atoms with Crippen molar-refractivity contribution in [2.24, 2.45) is 0 Å². The van der Waals surface area contributed by atoms with Gasteiger partial charge in [0.2, 0.25) is 0 Å². The van der Waals surface area contributed by atoms with Gasteiger partial charge in [-0.25, -0.2) is 0 Å². The van der Waals surface area contributed by atoms with Gasteiger partial charge in [-0.05, 0) is 17.5 Å². The molecule has 0 aromatic heterocycles. The van der Waals surface area contributed by atoms with Crippen LogP contribution in [0.4, 0.5) is 0 Å². The lowest BCUT2D eigenvalue weighted by Gasteiger charge is -2.56. The number of nitrogens with zero attached hydrogens (tertiary/aromatic N) is 1. The van der Waals surface area contributed by atoms with Gasteiger partial charge in [0.15, 0.2) is 0 Å². The SMILES string of the molecule is CCC[C@H]1[C@H](O)[C@@H](COC)N1C(c1ccccc1)c1ccccc1. The minimum absolute atomic E-state index is 0.0389. The molecule has 1 fully saturated rings. The highest BCUT2D eigenvalue weighted by atomic mass is 16.5. The molecule has 0 bridgehead atoms. The molecule has 3 nitrogen and oxygen atoms in total. The van der Waals surface area contributed by atoms with E-state index in [1.54, 1.807) is 7.11 Å². The van der Waals surface area contributed by atoms with Crippen LogP contribution in [0.15, 0.2) is 60.7 Å². The van der Waals surface area contributed by atoms with E-state index in [0.717, 1.165) is 12.8 Å². The number of likely N-dealkylation sites (tertiary alicyclic amines) is 1. The number of benzene rings is 2. The van der Waals surface area contributed by atoms with Crippen molar-refractivity contribution in [3.8, 4) is 0 Å². The van der Waals surface area contributed by atoms with Crippen LogP contribution in [0.25, 0.3) is 0 Å². The second-order valence-corrected chi connectivity index (χ2v) is 6.54. The molecule has 1 heterocycles. The first-order valence-electron chi connectivity index (χ1n) is 8.82. The monoisotopic (exact) mass is 325 g/mol. The van der Waals surface area contributed by atoms with Gasteiger partial charge in [-0.2, -0.15) is 0 Å². The lowest BCUT2D eigenvalue weighted by atomic mass is 9.81. The fourth-order valence-electron chi connectivity index (χ4n) is 3.91. The summed E-state index contributed by atoms with van der Waals surface area (Å²) in [5, 5.41) is 10.6. The molecule has 0 unspecified atom stereocenters. The maximum absolute atomic E-state index is 10.6. The Balaban J connectivity index is 2.00. The van der Waals surface area contributed by atoms with Gasteiger partial charge in [-0.3, -0.25) is 4.90 Å². The van der Waals surface area contributed by atoms with Crippen molar-refractivity contribution in [3.63, 3.8) is 0 Å². The minimum Gasteiger partial charge on any atom is -0.390 e. The van der Waals surface area contributed by atoms with Gasteiger partial charge >= 0.3 is 0 Å². The molecule has 1 N–H and O–H groups in total. The van der Waals surface area contributed by atoms with Crippen LogP contribution in [-0.4, -0.2) is 41.9 Å². The average molecular weight is 325 g/mol. The molecule has 0 aliphatic carbocycles. The van der Waals surface area contributed by atoms with Crippen LogP contribution in [-0.2, 0) is 4.74 Å². The fraction of sp³-hybridized carbons (Fsp3) is 0.429. The smallest absolute Gasteiger partial charge is 0.0873 e. The largest absolute Gasteiger partial charge is 0.390 e. The van der Waals surface area contributed by atoms with Gasteiger partial charge in [-0.1, -0.05) is 74.0 Å². The van der Waals surface area contributed by atoms with Gasteiger partial charge in [0.25, 0.3) is 0 Å². The van der Waals surface area contributed by atoms with Gasteiger partial charge in [0.1, 0.15) is 0 Å². The number of rotatable bonds is 7. The van der Waals surface area contributed by atoms with Gasteiger partial charge < -0.3 is 9.84 Å². The van der Waals surface area contributed by atoms with Gasteiger partial charge in [0.05, 0.1) is 24.8 Å². The molecule has 0 radical (unpaired) electrons. The van der Waals surface area contributed by atoms with E-state index < -0.39 is 0 Å². The maximum Gasteiger partial charge on any atom is 0.0873 e. The summed E-state index contributed by atoms with van der Waals surface area (Å²) in [6.45, 7) is 2.73. The number of hydrogen-bond donors (Lipinski definition) is 1. The maximum atomic E-state index is 10.6. The van der Waals surface area contributed by atoms with Crippen LogP contribution in [0.3, 0.4) is 0 Å². The quantitative estimate of drug-likeness (QED) is 0.844. The van der Waals surface area contributed by atoms with E-state index >= 15 is 0 Å². The molecule has 2 aromatic carbocycles. The third-order valence-corrected chi connectivity index (χ3v) is 5.00. The van der Waals surface area contributed by atoms with E-state index in [1.165, 1.54) is 11.1 Å². The highest BCUT2D eigenvalue weighted by Crippen LogP contribution is 2.41. The second-order valence-electron chi connectivity index (χ2n) is 6.54. The number of hydrogen-bond acceptors (Lipinski definition) is 3. The molecule has 24 heavy (non-hydrogen) atoms. The van der Waals surface area contributed by atoms with Crippen molar-refractivity contribution in [2.75, 3.05) is 13.7 Å². The lowest BCUT2D eigenvalue weighted by Crippen LogP contribution is -2.69. The Bertz CT molecular complexity index is 563. The highest BCUT2D eigenvalue weighted by Gasteiger charge is 2.50. The third-order valence-electron chi connectivity index (χ3n) is 5.00. The first kappa shape index (κ1) is 17.2. The summed E-state index contributed by atoms with van der Waals surface area (Å²) in [5.74, 6) is 0. The van der Waals surface area contributed by atoms with E-state index in [1.807, 2.05) is 12.1 Å². The van der Waals surface area contributed by atoms with Crippen molar-refractivity contribution >= 4 is 0 Å². The average Bonchev–Trinajstić information content (AvgIpc) is 2.64. The molecule has 3 atom stereocenters. The Morgan fingerprint density at radius 3 is 1.96 bits per heavy atom. The van der Waals surface area contributed by atoms with Gasteiger partial charge in [-0.15, -0.1) is 0 Å². The number of methoxy groups -OCH3 is 1. The Morgan fingerprint density at radius 2 is 1.50 bits per heavy atom. The predicted octanol–water partition coefficient (Wildman–Crippen LogP) is 3.64. The molecule has 1 aliphatic rings. The van der Waals surface area contributed by atoms with Crippen molar-refractivity contribution in [1.82, 2.24) is 4.90 Å². The molecule has 1 saturated heterocycles. The summed E-state index contributed by atoms with van der Waals surface area (Å²) >= 11 is 0. The van der Waals surface area contributed by atoms with E-state index in [4.69, 9.17) is 4.74 Å². The zero-order valence-corrected chi connectivity index (χ0v) is 14.5. The Hall–Kier alpha value is -1.68. The molecule has 0 spiro atoms. The van der Waals surface area contributed by atoms with Crippen molar-refractivity contribution in [2.45, 2.75) is 44.0 Å². The second kappa shape index (κ2) is 7.93. The van der Waals surface area contributed by atoms with E-state index in [-0.39, 0.29) is 24.2 Å². The number of ether oxygens (including phenoxy) is 1. The first-order chi connectivity index (χ1) is 11.8. The minimum atomic E-state index is -0.320. The van der Waals surface area contributed by atoms with Crippen molar-refractivity contribution in [3.05, 3.63) is 71.8 Å². The number of aliphatic hydroxyl groups is 1. The lowest BCUT2D eigenvalue weighted by molar-refractivity contribution is -0.155. The van der Waals surface area contributed by atoms with Crippen LogP contribution in [0.5, 0.6) is 0 Å². The Morgan fingerprint density at radius 1 is 0.958 bits per heavy atom. The molecule has 3 heteroatoms.